The molecule has 2 unspecified atom stereocenters. The highest BCUT2D eigenvalue weighted by atomic mass is 127. The molecule has 0 amide bonds. The van der Waals surface area contributed by atoms with E-state index in [1.54, 1.807) is 0 Å². The fourth-order valence-corrected chi connectivity index (χ4v) is 2.67. The van der Waals surface area contributed by atoms with Crippen LogP contribution in [0.3, 0.4) is 0 Å². The average molecular weight is 425 g/mol. The van der Waals surface area contributed by atoms with Gasteiger partial charge in [-0.25, -0.2) is 0 Å². The second-order valence-corrected chi connectivity index (χ2v) is 6.56. The number of piperazine rings is 1. The minimum atomic E-state index is 0. The molecule has 0 aliphatic carbocycles. The predicted octanol–water partition coefficient (Wildman–Crippen LogP) is 1.84. The van der Waals surface area contributed by atoms with Crippen LogP contribution >= 0.6 is 24.0 Å². The van der Waals surface area contributed by atoms with E-state index in [4.69, 9.17) is 0 Å². The van der Waals surface area contributed by atoms with Crippen molar-refractivity contribution >= 4 is 29.9 Å². The molecule has 1 aliphatic rings. The molecule has 22 heavy (non-hydrogen) atoms. The highest BCUT2D eigenvalue weighted by Gasteiger charge is 2.25. The summed E-state index contributed by atoms with van der Waals surface area (Å²) in [7, 11) is 4.05. The lowest BCUT2D eigenvalue weighted by Crippen LogP contribution is -2.55. The minimum absolute atomic E-state index is 0. The van der Waals surface area contributed by atoms with Gasteiger partial charge in [0.2, 0.25) is 0 Å². The van der Waals surface area contributed by atoms with Crippen molar-refractivity contribution in [2.24, 2.45) is 10.9 Å². The Bertz CT molecular complexity index is 314. The van der Waals surface area contributed by atoms with Crippen molar-refractivity contribution in [2.45, 2.75) is 46.2 Å². The first-order valence-electron chi connectivity index (χ1n) is 8.37. The molecule has 0 bridgehead atoms. The van der Waals surface area contributed by atoms with Crippen LogP contribution in [0.1, 0.15) is 34.1 Å². The number of rotatable bonds is 6. The Hall–Kier alpha value is -0.0800. The zero-order valence-corrected chi connectivity index (χ0v) is 17.6. The fraction of sp³-hybridized carbons (Fsp3) is 0.938. The first kappa shape index (κ1) is 21.9. The van der Waals surface area contributed by atoms with Crippen LogP contribution < -0.4 is 10.6 Å². The average Bonchev–Trinajstić information content (AvgIpc) is 2.47. The van der Waals surface area contributed by atoms with Crippen LogP contribution in [0.2, 0.25) is 0 Å². The molecule has 1 heterocycles. The molecule has 2 N–H and O–H groups in total. The zero-order chi connectivity index (χ0) is 15.8. The van der Waals surface area contributed by atoms with Crippen LogP contribution in [0.4, 0.5) is 0 Å². The van der Waals surface area contributed by atoms with Gasteiger partial charge in [-0.3, -0.25) is 9.89 Å². The molecule has 1 fully saturated rings. The van der Waals surface area contributed by atoms with Gasteiger partial charge in [-0.05, 0) is 26.3 Å². The Morgan fingerprint density at radius 3 is 2.18 bits per heavy atom. The molecule has 0 radical (unpaired) electrons. The first-order valence-corrected chi connectivity index (χ1v) is 8.37. The van der Waals surface area contributed by atoms with Gasteiger partial charge in [-0.15, -0.1) is 24.0 Å². The lowest BCUT2D eigenvalue weighted by molar-refractivity contribution is 0.0899. The molecule has 1 rings (SSSR count). The van der Waals surface area contributed by atoms with Crippen LogP contribution in [0.5, 0.6) is 0 Å². The van der Waals surface area contributed by atoms with Crippen LogP contribution in [0.15, 0.2) is 4.99 Å². The first-order chi connectivity index (χ1) is 9.97. The minimum Gasteiger partial charge on any atom is -0.355 e. The number of hydrogen-bond acceptors (Lipinski definition) is 3. The summed E-state index contributed by atoms with van der Waals surface area (Å²) in [6, 6.07) is 1.02. The third-order valence-corrected chi connectivity index (χ3v) is 4.47. The number of nitrogens with zero attached hydrogens (tertiary/aromatic N) is 3. The van der Waals surface area contributed by atoms with Crippen molar-refractivity contribution in [3.8, 4) is 0 Å². The summed E-state index contributed by atoms with van der Waals surface area (Å²) in [6.07, 6.45) is 1.10. The topological polar surface area (TPSA) is 42.9 Å². The van der Waals surface area contributed by atoms with E-state index < -0.39 is 0 Å². The summed E-state index contributed by atoms with van der Waals surface area (Å²) in [5.41, 5.74) is 0. The Balaban J connectivity index is 0.00000441. The molecule has 2 atom stereocenters. The number of aliphatic imine (C=N–C) groups is 1. The fourth-order valence-electron chi connectivity index (χ4n) is 2.67. The van der Waals surface area contributed by atoms with E-state index in [1.807, 2.05) is 7.05 Å². The Kier molecular flexibility index (Phi) is 11.4. The normalized spacial score (nSPS) is 20.4. The molecule has 1 aliphatic heterocycles. The maximum atomic E-state index is 4.33. The summed E-state index contributed by atoms with van der Waals surface area (Å²) in [6.45, 7) is 14.6. The molecule has 0 saturated carbocycles. The van der Waals surface area contributed by atoms with Crippen molar-refractivity contribution in [3.63, 3.8) is 0 Å². The molecule has 0 spiro atoms. The molecular formula is C16H36IN5. The molecule has 0 aromatic rings. The largest absolute Gasteiger partial charge is 0.355 e. The molecule has 6 heteroatoms. The van der Waals surface area contributed by atoms with Gasteiger partial charge in [0.25, 0.3) is 0 Å². The second kappa shape index (κ2) is 11.5. The van der Waals surface area contributed by atoms with Crippen molar-refractivity contribution in [3.05, 3.63) is 0 Å². The van der Waals surface area contributed by atoms with Crippen LogP contribution in [-0.4, -0.2) is 74.7 Å². The third kappa shape index (κ3) is 7.46. The highest BCUT2D eigenvalue weighted by molar-refractivity contribution is 14.0. The summed E-state index contributed by atoms with van der Waals surface area (Å²) in [4.78, 5) is 9.36. The second-order valence-electron chi connectivity index (χ2n) is 6.56. The van der Waals surface area contributed by atoms with Crippen molar-refractivity contribution < 1.29 is 0 Å². The number of hydrogen-bond donors (Lipinski definition) is 2. The summed E-state index contributed by atoms with van der Waals surface area (Å²) in [5.74, 6) is 1.56. The molecular weight excluding hydrogens is 389 g/mol. The van der Waals surface area contributed by atoms with Crippen molar-refractivity contribution in [1.29, 1.82) is 0 Å². The van der Waals surface area contributed by atoms with E-state index >= 15 is 0 Å². The van der Waals surface area contributed by atoms with Gasteiger partial charge >= 0.3 is 0 Å². The standard InChI is InChI=1S/C16H35N5.HI/c1-7-14(4)19-16(17-5)18-12-15(13(2)3)21-10-8-20(6)9-11-21;/h13-15H,7-12H2,1-6H3,(H2,17,18,19);1H. The van der Waals surface area contributed by atoms with Gasteiger partial charge in [0.05, 0.1) is 0 Å². The highest BCUT2D eigenvalue weighted by Crippen LogP contribution is 2.12. The molecule has 132 valence electrons. The number of halogens is 1. The van der Waals surface area contributed by atoms with Gasteiger partial charge in [0.1, 0.15) is 0 Å². The molecule has 0 aromatic carbocycles. The zero-order valence-electron chi connectivity index (χ0n) is 15.2. The van der Waals surface area contributed by atoms with Gasteiger partial charge in [-0.1, -0.05) is 20.8 Å². The van der Waals surface area contributed by atoms with E-state index in [2.05, 4.69) is 60.2 Å². The smallest absolute Gasteiger partial charge is 0.191 e. The van der Waals surface area contributed by atoms with Crippen LogP contribution in [-0.2, 0) is 0 Å². The van der Waals surface area contributed by atoms with Gasteiger partial charge in [0, 0.05) is 51.9 Å². The SMILES string of the molecule is CCC(C)NC(=NC)NCC(C(C)C)N1CCN(C)CC1.I. The van der Waals surface area contributed by atoms with E-state index in [-0.39, 0.29) is 24.0 Å². The van der Waals surface area contributed by atoms with Gasteiger partial charge < -0.3 is 15.5 Å². The van der Waals surface area contributed by atoms with Gasteiger partial charge in [0.15, 0.2) is 5.96 Å². The Morgan fingerprint density at radius 2 is 1.73 bits per heavy atom. The van der Waals surface area contributed by atoms with E-state index in [1.165, 1.54) is 26.2 Å². The Labute approximate surface area is 154 Å². The van der Waals surface area contributed by atoms with E-state index in [0.717, 1.165) is 18.9 Å². The maximum absolute atomic E-state index is 4.33. The van der Waals surface area contributed by atoms with Crippen molar-refractivity contribution in [2.75, 3.05) is 46.8 Å². The monoisotopic (exact) mass is 425 g/mol. The summed E-state index contributed by atoms with van der Waals surface area (Å²) >= 11 is 0. The number of likely N-dealkylation sites (N-methyl/N-ethyl adjacent to an activating group) is 1. The lowest BCUT2D eigenvalue weighted by Gasteiger charge is -2.40. The Morgan fingerprint density at radius 1 is 1.14 bits per heavy atom. The maximum Gasteiger partial charge on any atom is 0.191 e. The number of nitrogens with one attached hydrogen (secondary N) is 2. The van der Waals surface area contributed by atoms with E-state index in [0.29, 0.717) is 18.0 Å². The van der Waals surface area contributed by atoms with E-state index in [9.17, 15) is 0 Å². The number of guanidine groups is 1. The quantitative estimate of drug-likeness (QED) is 0.387. The van der Waals surface area contributed by atoms with Crippen LogP contribution in [0.25, 0.3) is 0 Å². The lowest BCUT2D eigenvalue weighted by atomic mass is 10.0. The van der Waals surface area contributed by atoms with Crippen LogP contribution in [0, 0.1) is 5.92 Å². The molecule has 0 aromatic heterocycles. The third-order valence-electron chi connectivity index (χ3n) is 4.47. The molecule has 1 saturated heterocycles. The summed E-state index contributed by atoms with van der Waals surface area (Å²) in [5, 5.41) is 6.94. The molecule has 5 nitrogen and oxygen atoms in total. The predicted molar refractivity (Wildman–Crippen MR) is 107 cm³/mol. The van der Waals surface area contributed by atoms with Gasteiger partial charge in [-0.2, -0.15) is 0 Å². The summed E-state index contributed by atoms with van der Waals surface area (Å²) < 4.78 is 0. The van der Waals surface area contributed by atoms with Crippen molar-refractivity contribution in [1.82, 2.24) is 20.4 Å².